The molecule has 2 aliphatic heterocycles. The van der Waals surface area contributed by atoms with Crippen LogP contribution in [0.25, 0.3) is 11.3 Å². The van der Waals surface area contributed by atoms with Crippen LogP contribution in [0.3, 0.4) is 0 Å². The van der Waals surface area contributed by atoms with Gasteiger partial charge in [-0.25, -0.2) is 0 Å². The van der Waals surface area contributed by atoms with Gasteiger partial charge < -0.3 is 15.2 Å². The highest BCUT2D eigenvalue weighted by Gasteiger charge is 2.27. The second-order valence-corrected chi connectivity index (χ2v) is 6.46. The predicted octanol–water partition coefficient (Wildman–Crippen LogP) is 2.05. The van der Waals surface area contributed by atoms with Gasteiger partial charge in [-0.3, -0.25) is 10.00 Å². The van der Waals surface area contributed by atoms with Crippen LogP contribution in [0.2, 0.25) is 0 Å². The van der Waals surface area contributed by atoms with Crippen LogP contribution in [-0.4, -0.2) is 47.4 Å². The van der Waals surface area contributed by atoms with Gasteiger partial charge in [0.05, 0.1) is 11.9 Å². The number of nitrogens with two attached hydrogens (primary N) is 1. The summed E-state index contributed by atoms with van der Waals surface area (Å²) in [6.07, 6.45) is 1.90. The Balaban J connectivity index is 0.00000169. The van der Waals surface area contributed by atoms with E-state index in [9.17, 15) is 0 Å². The number of benzene rings is 1. The molecular weight excluding hydrogens is 328 g/mol. The Morgan fingerprint density at radius 2 is 2.04 bits per heavy atom. The number of H-pyrrole nitrogens is 1. The summed E-state index contributed by atoms with van der Waals surface area (Å²) in [6, 6.07) is 6.29. The number of aromatic nitrogens is 2. The van der Waals surface area contributed by atoms with E-state index in [-0.39, 0.29) is 18.4 Å². The average molecular weight is 351 g/mol. The van der Waals surface area contributed by atoms with Gasteiger partial charge in [-0.05, 0) is 24.1 Å². The molecule has 1 aromatic heterocycles. The molecule has 0 saturated carbocycles. The van der Waals surface area contributed by atoms with Gasteiger partial charge in [0, 0.05) is 36.8 Å². The molecule has 1 aromatic carbocycles. The summed E-state index contributed by atoms with van der Waals surface area (Å²) in [5.41, 5.74) is 9.42. The van der Waals surface area contributed by atoms with Crippen LogP contribution < -0.4 is 15.2 Å². The molecule has 0 radical (unpaired) electrons. The van der Waals surface area contributed by atoms with E-state index >= 15 is 0 Å². The highest BCUT2D eigenvalue weighted by molar-refractivity contribution is 5.85. The quantitative estimate of drug-likeness (QED) is 0.886. The molecule has 7 heteroatoms. The molecule has 2 unspecified atom stereocenters. The fourth-order valence-electron chi connectivity index (χ4n) is 3.35. The number of fused-ring (bicyclic) bond motifs is 1. The Morgan fingerprint density at radius 1 is 1.25 bits per heavy atom. The summed E-state index contributed by atoms with van der Waals surface area (Å²) < 4.78 is 11.3. The lowest BCUT2D eigenvalue weighted by Gasteiger charge is -2.19. The zero-order valence-corrected chi connectivity index (χ0v) is 14.5. The summed E-state index contributed by atoms with van der Waals surface area (Å²) in [4.78, 5) is 2.39. The minimum Gasteiger partial charge on any atom is -0.486 e. The standard InChI is InChI=1S/C17H22N4O2.ClH/c1-11-8-21(10-14(11)18)9-13-7-19-20-17(13)12-2-3-15-16(6-12)23-5-4-22-15;/h2-3,6-7,11,14H,4-5,8-10,18H2,1H3,(H,19,20);1H. The van der Waals surface area contributed by atoms with Gasteiger partial charge in [-0.2, -0.15) is 5.10 Å². The third-order valence-corrected chi connectivity index (χ3v) is 4.69. The fraction of sp³-hybridized carbons (Fsp3) is 0.471. The largest absolute Gasteiger partial charge is 0.486 e. The van der Waals surface area contributed by atoms with Crippen LogP contribution in [0.15, 0.2) is 24.4 Å². The number of nitrogens with zero attached hydrogens (tertiary/aromatic N) is 2. The Hall–Kier alpha value is -1.76. The predicted molar refractivity (Wildman–Crippen MR) is 94.7 cm³/mol. The SMILES string of the molecule is CC1CN(Cc2cn[nH]c2-c2ccc3c(c2)OCCO3)CC1N.Cl. The van der Waals surface area contributed by atoms with Crippen molar-refractivity contribution in [3.8, 4) is 22.8 Å². The molecule has 0 bridgehead atoms. The Labute approximate surface area is 147 Å². The first-order valence-electron chi connectivity index (χ1n) is 8.11. The van der Waals surface area contributed by atoms with Gasteiger partial charge in [0.1, 0.15) is 13.2 Å². The van der Waals surface area contributed by atoms with Crippen molar-refractivity contribution in [3.63, 3.8) is 0 Å². The minimum atomic E-state index is 0. The van der Waals surface area contributed by atoms with Crippen LogP contribution in [0, 0.1) is 5.92 Å². The van der Waals surface area contributed by atoms with Crippen molar-refractivity contribution >= 4 is 12.4 Å². The van der Waals surface area contributed by atoms with Gasteiger partial charge in [-0.1, -0.05) is 6.92 Å². The molecule has 0 amide bonds. The molecule has 3 heterocycles. The van der Waals surface area contributed by atoms with Gasteiger partial charge in [0.2, 0.25) is 0 Å². The first-order chi connectivity index (χ1) is 11.2. The number of aromatic amines is 1. The summed E-state index contributed by atoms with van der Waals surface area (Å²) in [6.45, 7) is 6.24. The molecule has 130 valence electrons. The van der Waals surface area contributed by atoms with E-state index in [1.807, 2.05) is 24.4 Å². The van der Waals surface area contributed by atoms with Crippen molar-refractivity contribution < 1.29 is 9.47 Å². The molecule has 4 rings (SSSR count). The van der Waals surface area contributed by atoms with Gasteiger partial charge in [0.15, 0.2) is 11.5 Å². The summed E-state index contributed by atoms with van der Waals surface area (Å²) in [7, 11) is 0. The van der Waals surface area contributed by atoms with Crippen LogP contribution in [-0.2, 0) is 6.54 Å². The number of likely N-dealkylation sites (tertiary alicyclic amines) is 1. The van der Waals surface area contributed by atoms with Gasteiger partial charge in [0.25, 0.3) is 0 Å². The topological polar surface area (TPSA) is 76.4 Å². The molecule has 2 atom stereocenters. The van der Waals surface area contributed by atoms with E-state index in [1.54, 1.807) is 0 Å². The van der Waals surface area contributed by atoms with Crippen molar-refractivity contribution in [1.29, 1.82) is 0 Å². The second kappa shape index (κ2) is 7.01. The lowest BCUT2D eigenvalue weighted by molar-refractivity contribution is 0.171. The number of nitrogens with one attached hydrogen (secondary N) is 1. The second-order valence-electron chi connectivity index (χ2n) is 6.46. The van der Waals surface area contributed by atoms with Gasteiger partial charge >= 0.3 is 0 Å². The minimum absolute atomic E-state index is 0. The Morgan fingerprint density at radius 3 is 2.79 bits per heavy atom. The van der Waals surface area contributed by atoms with E-state index in [2.05, 4.69) is 22.0 Å². The highest BCUT2D eigenvalue weighted by atomic mass is 35.5. The molecule has 6 nitrogen and oxygen atoms in total. The average Bonchev–Trinajstić information content (AvgIpc) is 3.14. The number of hydrogen-bond acceptors (Lipinski definition) is 5. The van der Waals surface area contributed by atoms with Crippen LogP contribution >= 0.6 is 12.4 Å². The molecule has 1 saturated heterocycles. The Kier molecular flexibility index (Phi) is 4.99. The molecule has 0 aliphatic carbocycles. The van der Waals surface area contributed by atoms with E-state index < -0.39 is 0 Å². The van der Waals surface area contributed by atoms with E-state index in [0.717, 1.165) is 42.4 Å². The number of hydrogen-bond donors (Lipinski definition) is 2. The lowest BCUT2D eigenvalue weighted by Crippen LogP contribution is -2.28. The first kappa shape index (κ1) is 17.1. The van der Waals surface area contributed by atoms with Crippen molar-refractivity contribution in [2.45, 2.75) is 19.5 Å². The lowest BCUT2D eigenvalue weighted by atomic mass is 10.1. The maximum Gasteiger partial charge on any atom is 0.162 e. The molecule has 0 spiro atoms. The maximum atomic E-state index is 6.13. The summed E-state index contributed by atoms with van der Waals surface area (Å²) >= 11 is 0. The number of rotatable bonds is 3. The molecular formula is C17H23ClN4O2. The van der Waals surface area contributed by atoms with Crippen molar-refractivity contribution in [3.05, 3.63) is 30.0 Å². The summed E-state index contributed by atoms with van der Waals surface area (Å²) in [5, 5.41) is 7.36. The highest BCUT2D eigenvalue weighted by Crippen LogP contribution is 2.35. The normalized spacial score (nSPS) is 23.1. The monoisotopic (exact) mass is 350 g/mol. The van der Waals surface area contributed by atoms with Crippen molar-refractivity contribution in [2.75, 3.05) is 26.3 Å². The third kappa shape index (κ3) is 3.22. The fourth-order valence-corrected chi connectivity index (χ4v) is 3.35. The molecule has 2 aliphatic rings. The van der Waals surface area contributed by atoms with E-state index in [4.69, 9.17) is 15.2 Å². The first-order valence-corrected chi connectivity index (χ1v) is 8.11. The molecule has 24 heavy (non-hydrogen) atoms. The number of ether oxygens (including phenoxy) is 2. The van der Waals surface area contributed by atoms with E-state index in [0.29, 0.717) is 19.1 Å². The summed E-state index contributed by atoms with van der Waals surface area (Å²) in [5.74, 6) is 2.14. The number of halogens is 1. The molecule has 1 fully saturated rings. The Bertz CT molecular complexity index is 696. The van der Waals surface area contributed by atoms with Crippen molar-refractivity contribution in [1.82, 2.24) is 15.1 Å². The molecule has 3 N–H and O–H groups in total. The smallest absolute Gasteiger partial charge is 0.162 e. The third-order valence-electron chi connectivity index (χ3n) is 4.69. The van der Waals surface area contributed by atoms with Crippen molar-refractivity contribution in [2.24, 2.45) is 11.7 Å². The zero-order chi connectivity index (χ0) is 15.8. The molecule has 2 aromatic rings. The zero-order valence-electron chi connectivity index (χ0n) is 13.7. The van der Waals surface area contributed by atoms with Crippen LogP contribution in [0.5, 0.6) is 11.5 Å². The van der Waals surface area contributed by atoms with Crippen LogP contribution in [0.4, 0.5) is 0 Å². The maximum absolute atomic E-state index is 6.13. The van der Waals surface area contributed by atoms with E-state index in [1.165, 1.54) is 5.56 Å². The van der Waals surface area contributed by atoms with Crippen LogP contribution in [0.1, 0.15) is 12.5 Å². The van der Waals surface area contributed by atoms with Gasteiger partial charge in [-0.15, -0.1) is 12.4 Å².